The van der Waals surface area contributed by atoms with Crippen LogP contribution in [0.2, 0.25) is 0 Å². The second-order valence-electron chi connectivity index (χ2n) is 7.82. The van der Waals surface area contributed by atoms with Crippen molar-refractivity contribution < 1.29 is 4.39 Å². The van der Waals surface area contributed by atoms with E-state index in [-0.39, 0.29) is 29.6 Å². The second-order valence-corrected chi connectivity index (χ2v) is 7.82. The molecular formula is C20H18FN7O. The number of hydrogen-bond donors (Lipinski definition) is 1. The first kappa shape index (κ1) is 16.6. The quantitative estimate of drug-likeness (QED) is 0.575. The van der Waals surface area contributed by atoms with Crippen molar-refractivity contribution in [3.8, 4) is 0 Å². The largest absolute Gasteiger partial charge is 0.351 e. The molecule has 9 heteroatoms. The maximum absolute atomic E-state index is 13.4. The highest BCUT2D eigenvalue weighted by molar-refractivity contribution is 5.78. The molecule has 1 aromatic carbocycles. The van der Waals surface area contributed by atoms with E-state index in [0.29, 0.717) is 22.8 Å². The maximum atomic E-state index is 13.4. The number of aromatic nitrogens is 6. The molecule has 2 saturated carbocycles. The van der Waals surface area contributed by atoms with Gasteiger partial charge < -0.3 is 5.32 Å². The molecule has 0 unspecified atom stereocenters. The van der Waals surface area contributed by atoms with Gasteiger partial charge in [-0.1, -0.05) is 0 Å². The minimum Gasteiger partial charge on any atom is -0.351 e. The molecule has 4 aromatic rings. The summed E-state index contributed by atoms with van der Waals surface area (Å²) >= 11 is 0. The summed E-state index contributed by atoms with van der Waals surface area (Å²) in [6.45, 7) is 0. The molecule has 0 spiro atoms. The third-order valence-electron chi connectivity index (χ3n) is 5.80. The number of halogens is 1. The van der Waals surface area contributed by atoms with Crippen LogP contribution in [0, 0.1) is 5.82 Å². The van der Waals surface area contributed by atoms with Gasteiger partial charge in [0.2, 0.25) is 5.95 Å². The van der Waals surface area contributed by atoms with E-state index in [1.807, 2.05) is 0 Å². The first-order valence-corrected chi connectivity index (χ1v) is 9.79. The van der Waals surface area contributed by atoms with Crippen molar-refractivity contribution in [2.45, 2.75) is 43.8 Å². The van der Waals surface area contributed by atoms with Crippen LogP contribution in [0.3, 0.4) is 0 Å². The van der Waals surface area contributed by atoms with Crippen molar-refractivity contribution in [1.29, 1.82) is 0 Å². The number of imidazole rings is 1. The summed E-state index contributed by atoms with van der Waals surface area (Å²) in [4.78, 5) is 30.6. The summed E-state index contributed by atoms with van der Waals surface area (Å²) in [7, 11) is 0. The van der Waals surface area contributed by atoms with Crippen LogP contribution in [0.5, 0.6) is 0 Å². The molecule has 0 radical (unpaired) electrons. The van der Waals surface area contributed by atoms with Gasteiger partial charge in [-0.3, -0.25) is 9.13 Å². The minimum absolute atomic E-state index is 0.0189. The lowest BCUT2D eigenvalue weighted by atomic mass is 9.86. The molecule has 6 rings (SSSR count). The molecule has 3 heterocycles. The van der Waals surface area contributed by atoms with Gasteiger partial charge in [-0.15, -0.1) is 0 Å². The Morgan fingerprint density at radius 3 is 2.45 bits per heavy atom. The highest BCUT2D eigenvalue weighted by Gasteiger charge is 2.37. The van der Waals surface area contributed by atoms with Crippen molar-refractivity contribution in [3.63, 3.8) is 0 Å². The van der Waals surface area contributed by atoms with Crippen LogP contribution >= 0.6 is 0 Å². The third-order valence-corrected chi connectivity index (χ3v) is 5.80. The molecule has 8 nitrogen and oxygen atoms in total. The predicted octanol–water partition coefficient (Wildman–Crippen LogP) is 2.83. The number of hydrogen-bond acceptors (Lipinski definition) is 6. The Kier molecular flexibility index (Phi) is 3.47. The lowest BCUT2D eigenvalue weighted by molar-refractivity contribution is 0.279. The van der Waals surface area contributed by atoms with Gasteiger partial charge in [-0.2, -0.15) is 0 Å². The van der Waals surface area contributed by atoms with E-state index in [2.05, 4.69) is 25.3 Å². The van der Waals surface area contributed by atoms with Gasteiger partial charge in [0.05, 0.1) is 5.52 Å². The lowest BCUT2D eigenvalue weighted by Crippen LogP contribution is -2.41. The zero-order valence-electron chi connectivity index (χ0n) is 15.5. The number of rotatable bonds is 4. The Morgan fingerprint density at radius 1 is 1.00 bits per heavy atom. The van der Waals surface area contributed by atoms with E-state index in [1.165, 1.54) is 12.1 Å². The van der Waals surface area contributed by atoms with Gasteiger partial charge in [0.25, 0.3) is 0 Å². The monoisotopic (exact) mass is 391 g/mol. The first-order chi connectivity index (χ1) is 14.2. The number of nitrogens with zero attached hydrogens (tertiary/aromatic N) is 6. The molecule has 0 bridgehead atoms. The topological polar surface area (TPSA) is 90.5 Å². The highest BCUT2D eigenvalue weighted by Crippen LogP contribution is 2.38. The van der Waals surface area contributed by atoms with Gasteiger partial charge in [0, 0.05) is 48.2 Å². The van der Waals surface area contributed by atoms with Crippen LogP contribution in [0.4, 0.5) is 10.3 Å². The normalized spacial score (nSPS) is 21.4. The average Bonchev–Trinajstić information content (AvgIpc) is 3.48. The smallest absolute Gasteiger partial charge is 0.332 e. The Hall–Kier alpha value is -3.36. The van der Waals surface area contributed by atoms with Crippen molar-refractivity contribution >= 4 is 28.1 Å². The van der Waals surface area contributed by atoms with Gasteiger partial charge in [0.1, 0.15) is 5.82 Å². The fourth-order valence-corrected chi connectivity index (χ4v) is 4.12. The zero-order valence-corrected chi connectivity index (χ0v) is 15.5. The molecule has 29 heavy (non-hydrogen) atoms. The fourth-order valence-electron chi connectivity index (χ4n) is 4.12. The van der Waals surface area contributed by atoms with E-state index >= 15 is 0 Å². The van der Waals surface area contributed by atoms with Crippen molar-refractivity contribution in [2.75, 3.05) is 5.32 Å². The Balaban J connectivity index is 1.24. The van der Waals surface area contributed by atoms with Crippen LogP contribution in [0.1, 0.15) is 37.8 Å². The van der Waals surface area contributed by atoms with Gasteiger partial charge in [-0.05, 0) is 37.8 Å². The molecule has 0 amide bonds. The van der Waals surface area contributed by atoms with E-state index < -0.39 is 0 Å². The fraction of sp³-hybridized carbons (Fsp3) is 0.350. The molecule has 1 N–H and O–H groups in total. The number of nitrogens with one attached hydrogen (secondary N) is 1. The Bertz CT molecular complexity index is 1300. The van der Waals surface area contributed by atoms with Gasteiger partial charge >= 0.3 is 5.69 Å². The van der Waals surface area contributed by atoms with Gasteiger partial charge in [0.15, 0.2) is 11.3 Å². The molecule has 2 aliphatic carbocycles. The predicted molar refractivity (Wildman–Crippen MR) is 105 cm³/mol. The SMILES string of the molecule is O=c1n(C2CC2)c2nccnc2n1C1CC(Nc2ncc3ccc(F)cc3n2)C1. The average molecular weight is 391 g/mol. The summed E-state index contributed by atoms with van der Waals surface area (Å²) in [5.74, 6) is 0.150. The van der Waals surface area contributed by atoms with Crippen LogP contribution in [-0.4, -0.2) is 35.1 Å². The summed E-state index contributed by atoms with van der Waals surface area (Å²) in [5.41, 5.74) is 1.88. The zero-order chi connectivity index (χ0) is 19.5. The van der Waals surface area contributed by atoms with E-state index in [4.69, 9.17) is 0 Å². The van der Waals surface area contributed by atoms with Crippen LogP contribution in [0.25, 0.3) is 22.2 Å². The summed E-state index contributed by atoms with van der Waals surface area (Å²) < 4.78 is 17.0. The summed E-state index contributed by atoms with van der Waals surface area (Å²) in [5, 5.41) is 4.09. The van der Waals surface area contributed by atoms with Crippen LogP contribution in [0.15, 0.2) is 41.6 Å². The highest BCUT2D eigenvalue weighted by atomic mass is 19.1. The standard InChI is InChI=1S/C20H18FN7O/c21-12-2-1-11-10-24-19(26-16(11)7-12)25-13-8-15(9-13)28-18-17(22-5-6-23-18)27(20(28)29)14-3-4-14/h1-2,5-7,10,13-15H,3-4,8-9H2,(H,24,25,26). The van der Waals surface area contributed by atoms with Crippen molar-refractivity contribution in [3.05, 3.63) is 53.1 Å². The number of anilines is 1. The molecule has 2 fully saturated rings. The van der Waals surface area contributed by atoms with E-state index in [0.717, 1.165) is 31.1 Å². The van der Waals surface area contributed by atoms with Gasteiger partial charge in [-0.25, -0.2) is 29.1 Å². The third kappa shape index (κ3) is 2.68. The minimum atomic E-state index is -0.321. The van der Waals surface area contributed by atoms with Crippen molar-refractivity contribution in [1.82, 2.24) is 29.1 Å². The molecular weight excluding hydrogens is 373 g/mol. The molecule has 0 atom stereocenters. The second kappa shape index (κ2) is 6.07. The Labute approximate surface area is 164 Å². The van der Waals surface area contributed by atoms with Crippen LogP contribution < -0.4 is 11.0 Å². The molecule has 3 aromatic heterocycles. The van der Waals surface area contributed by atoms with Crippen molar-refractivity contribution in [2.24, 2.45) is 0 Å². The number of fused-ring (bicyclic) bond motifs is 2. The van der Waals surface area contributed by atoms with E-state index in [1.54, 1.807) is 33.8 Å². The summed E-state index contributed by atoms with van der Waals surface area (Å²) in [6, 6.07) is 4.93. The van der Waals surface area contributed by atoms with Crippen LogP contribution in [-0.2, 0) is 0 Å². The maximum Gasteiger partial charge on any atom is 0.332 e. The Morgan fingerprint density at radius 2 is 1.72 bits per heavy atom. The number of benzene rings is 1. The molecule has 146 valence electrons. The molecule has 2 aliphatic rings. The lowest BCUT2D eigenvalue weighted by Gasteiger charge is -2.36. The summed E-state index contributed by atoms with van der Waals surface area (Å²) in [6.07, 6.45) is 8.52. The molecule has 0 saturated heterocycles. The first-order valence-electron chi connectivity index (χ1n) is 9.79. The van der Waals surface area contributed by atoms with E-state index in [9.17, 15) is 9.18 Å². The molecule has 0 aliphatic heterocycles.